The standard InChI is InChI=1S/C12H18N4O2/c1-15-8-6-11(7-9-15)14-13-10-2-4-12(5-3-10)16(17)18/h2,4-5,10,13H,3,6-9H2,1H3/t10-/m1/s1. The number of allylic oxidation sites excluding steroid dienone is 1. The molecule has 1 aliphatic heterocycles. The minimum absolute atomic E-state index is 0.0702. The van der Waals surface area contributed by atoms with E-state index in [4.69, 9.17) is 0 Å². The molecule has 0 aromatic rings. The smallest absolute Gasteiger partial charge is 0.265 e. The maximum Gasteiger partial charge on any atom is 0.265 e. The number of nitro groups is 1. The highest BCUT2D eigenvalue weighted by molar-refractivity contribution is 5.85. The highest BCUT2D eigenvalue weighted by atomic mass is 16.6. The molecule has 1 heterocycles. The summed E-state index contributed by atoms with van der Waals surface area (Å²) in [7, 11) is 2.11. The third-order valence-electron chi connectivity index (χ3n) is 3.24. The van der Waals surface area contributed by atoms with Crippen molar-refractivity contribution in [3.05, 3.63) is 34.0 Å². The van der Waals surface area contributed by atoms with Gasteiger partial charge in [-0.2, -0.15) is 5.10 Å². The molecule has 2 aliphatic rings. The molecular formula is C12H18N4O2. The molecule has 0 unspecified atom stereocenters. The molecule has 98 valence electrons. The molecule has 0 radical (unpaired) electrons. The van der Waals surface area contributed by atoms with Crippen molar-refractivity contribution < 1.29 is 4.92 Å². The lowest BCUT2D eigenvalue weighted by atomic mass is 10.1. The Bertz CT molecular complexity index is 404. The molecule has 0 aromatic carbocycles. The Morgan fingerprint density at radius 1 is 1.50 bits per heavy atom. The van der Waals surface area contributed by atoms with Gasteiger partial charge in [-0.25, -0.2) is 0 Å². The Labute approximate surface area is 106 Å². The van der Waals surface area contributed by atoms with Crippen LogP contribution < -0.4 is 5.43 Å². The molecule has 0 amide bonds. The van der Waals surface area contributed by atoms with Gasteiger partial charge in [0.25, 0.3) is 5.70 Å². The first-order valence-electron chi connectivity index (χ1n) is 6.17. The summed E-state index contributed by atoms with van der Waals surface area (Å²) >= 11 is 0. The molecule has 1 N–H and O–H groups in total. The van der Waals surface area contributed by atoms with Gasteiger partial charge in [0.15, 0.2) is 0 Å². The summed E-state index contributed by atoms with van der Waals surface area (Å²) in [4.78, 5) is 12.4. The van der Waals surface area contributed by atoms with E-state index in [0.29, 0.717) is 6.42 Å². The summed E-state index contributed by atoms with van der Waals surface area (Å²) in [5, 5.41) is 14.9. The lowest BCUT2D eigenvalue weighted by molar-refractivity contribution is -0.419. The van der Waals surface area contributed by atoms with Crippen molar-refractivity contribution in [3.8, 4) is 0 Å². The van der Waals surface area contributed by atoms with Gasteiger partial charge >= 0.3 is 0 Å². The number of hydrogen-bond donors (Lipinski definition) is 1. The number of piperidine rings is 1. The SMILES string of the molecule is CN1CCC(=NN[C@@H]2C=CC([N+](=O)[O-])=CC2)CC1. The van der Waals surface area contributed by atoms with Crippen LogP contribution in [0.2, 0.25) is 0 Å². The second-order valence-corrected chi connectivity index (χ2v) is 4.70. The molecule has 0 bridgehead atoms. The van der Waals surface area contributed by atoms with Gasteiger partial charge in [-0.3, -0.25) is 10.1 Å². The average molecular weight is 250 g/mol. The van der Waals surface area contributed by atoms with Crippen LogP contribution in [-0.4, -0.2) is 41.7 Å². The fourth-order valence-corrected chi connectivity index (χ4v) is 2.00. The van der Waals surface area contributed by atoms with E-state index >= 15 is 0 Å². The van der Waals surface area contributed by atoms with Gasteiger partial charge in [-0.1, -0.05) is 6.08 Å². The first-order chi connectivity index (χ1) is 8.65. The Morgan fingerprint density at radius 2 is 2.22 bits per heavy atom. The Balaban J connectivity index is 1.81. The molecule has 1 saturated heterocycles. The lowest BCUT2D eigenvalue weighted by Gasteiger charge is -2.23. The Kier molecular flexibility index (Phi) is 4.09. The molecule has 0 spiro atoms. The van der Waals surface area contributed by atoms with E-state index in [1.807, 2.05) is 0 Å². The summed E-state index contributed by atoms with van der Waals surface area (Å²) in [5.41, 5.74) is 4.43. The first-order valence-corrected chi connectivity index (χ1v) is 6.17. The molecule has 0 aromatic heterocycles. The van der Waals surface area contributed by atoms with Crippen LogP contribution in [0.1, 0.15) is 19.3 Å². The summed E-state index contributed by atoms with van der Waals surface area (Å²) in [6.45, 7) is 2.10. The maximum absolute atomic E-state index is 10.5. The monoisotopic (exact) mass is 250 g/mol. The molecule has 6 nitrogen and oxygen atoms in total. The fourth-order valence-electron chi connectivity index (χ4n) is 2.00. The van der Waals surface area contributed by atoms with E-state index in [2.05, 4.69) is 22.5 Å². The zero-order chi connectivity index (χ0) is 13.0. The van der Waals surface area contributed by atoms with E-state index in [9.17, 15) is 10.1 Å². The zero-order valence-electron chi connectivity index (χ0n) is 10.5. The average Bonchev–Trinajstić information content (AvgIpc) is 2.38. The van der Waals surface area contributed by atoms with Crippen molar-refractivity contribution in [3.63, 3.8) is 0 Å². The minimum Gasteiger partial charge on any atom is -0.306 e. The van der Waals surface area contributed by atoms with Crippen molar-refractivity contribution in [2.75, 3.05) is 20.1 Å². The normalized spacial score (nSPS) is 24.6. The topological polar surface area (TPSA) is 70.8 Å². The van der Waals surface area contributed by atoms with Crippen molar-refractivity contribution in [1.82, 2.24) is 10.3 Å². The Morgan fingerprint density at radius 3 is 2.78 bits per heavy atom. The van der Waals surface area contributed by atoms with Crippen LogP contribution in [0.15, 0.2) is 29.0 Å². The van der Waals surface area contributed by atoms with Crippen LogP contribution in [0.5, 0.6) is 0 Å². The number of nitrogens with one attached hydrogen (secondary N) is 1. The first kappa shape index (κ1) is 12.8. The maximum atomic E-state index is 10.5. The van der Waals surface area contributed by atoms with Crippen LogP contribution in [-0.2, 0) is 0 Å². The third kappa shape index (κ3) is 3.40. The second kappa shape index (κ2) is 5.77. The summed E-state index contributed by atoms with van der Waals surface area (Å²) in [6.07, 6.45) is 7.58. The van der Waals surface area contributed by atoms with Gasteiger partial charge in [0.2, 0.25) is 0 Å². The molecule has 18 heavy (non-hydrogen) atoms. The van der Waals surface area contributed by atoms with Gasteiger partial charge in [0, 0.05) is 37.7 Å². The highest BCUT2D eigenvalue weighted by Crippen LogP contribution is 2.11. The number of hydrogen-bond acceptors (Lipinski definition) is 5. The van der Waals surface area contributed by atoms with Gasteiger partial charge in [-0.15, -0.1) is 0 Å². The van der Waals surface area contributed by atoms with Crippen molar-refractivity contribution >= 4 is 5.71 Å². The number of nitrogens with zero attached hydrogens (tertiary/aromatic N) is 3. The summed E-state index contributed by atoms with van der Waals surface area (Å²) < 4.78 is 0. The van der Waals surface area contributed by atoms with Crippen LogP contribution in [0.3, 0.4) is 0 Å². The van der Waals surface area contributed by atoms with E-state index in [1.165, 1.54) is 11.8 Å². The van der Waals surface area contributed by atoms with E-state index in [-0.39, 0.29) is 16.7 Å². The number of hydrazone groups is 1. The van der Waals surface area contributed by atoms with Crippen LogP contribution >= 0.6 is 0 Å². The molecule has 2 rings (SSSR count). The predicted molar refractivity (Wildman–Crippen MR) is 69.9 cm³/mol. The van der Waals surface area contributed by atoms with Gasteiger partial charge in [-0.05, 0) is 19.5 Å². The van der Waals surface area contributed by atoms with Crippen LogP contribution in [0, 0.1) is 10.1 Å². The molecule has 1 atom stereocenters. The number of likely N-dealkylation sites (tertiary alicyclic amines) is 1. The van der Waals surface area contributed by atoms with Crippen LogP contribution in [0.25, 0.3) is 0 Å². The summed E-state index contributed by atoms with van der Waals surface area (Å²) in [6, 6.07) is 0.0702. The van der Waals surface area contributed by atoms with E-state index < -0.39 is 0 Å². The lowest BCUT2D eigenvalue weighted by Crippen LogP contribution is -2.32. The van der Waals surface area contributed by atoms with Gasteiger partial charge in [0.05, 0.1) is 11.0 Å². The second-order valence-electron chi connectivity index (χ2n) is 4.70. The molecule has 6 heteroatoms. The van der Waals surface area contributed by atoms with Crippen molar-refractivity contribution in [2.24, 2.45) is 5.10 Å². The quantitative estimate of drug-likeness (QED) is 0.602. The largest absolute Gasteiger partial charge is 0.306 e. The van der Waals surface area contributed by atoms with Crippen LogP contribution in [0.4, 0.5) is 0 Å². The number of rotatable bonds is 3. The highest BCUT2D eigenvalue weighted by Gasteiger charge is 2.15. The summed E-state index contributed by atoms with van der Waals surface area (Å²) in [5.74, 6) is 0. The molecular weight excluding hydrogens is 232 g/mol. The minimum atomic E-state index is -0.365. The molecule has 0 saturated carbocycles. The van der Waals surface area contributed by atoms with Crippen molar-refractivity contribution in [2.45, 2.75) is 25.3 Å². The van der Waals surface area contributed by atoms with E-state index in [1.54, 1.807) is 12.2 Å². The predicted octanol–water partition coefficient (Wildman–Crippen LogP) is 1.15. The third-order valence-corrected chi connectivity index (χ3v) is 3.24. The zero-order valence-corrected chi connectivity index (χ0v) is 10.5. The Hall–Kier alpha value is -1.69. The van der Waals surface area contributed by atoms with Gasteiger partial charge < -0.3 is 10.3 Å². The molecule has 1 fully saturated rings. The van der Waals surface area contributed by atoms with Crippen molar-refractivity contribution in [1.29, 1.82) is 0 Å². The van der Waals surface area contributed by atoms with Gasteiger partial charge in [0.1, 0.15) is 0 Å². The van der Waals surface area contributed by atoms with E-state index in [0.717, 1.165) is 25.9 Å². The fraction of sp³-hybridized carbons (Fsp3) is 0.583. The molecule has 1 aliphatic carbocycles.